The van der Waals surface area contributed by atoms with Gasteiger partial charge in [-0.1, -0.05) is 11.8 Å². The summed E-state index contributed by atoms with van der Waals surface area (Å²) in [7, 11) is 1.82. The van der Waals surface area contributed by atoms with Gasteiger partial charge in [0.2, 0.25) is 0 Å². The maximum atomic E-state index is 13.3. The molecule has 0 unspecified atom stereocenters. The summed E-state index contributed by atoms with van der Waals surface area (Å²) in [6.45, 7) is 1.91. The van der Waals surface area contributed by atoms with Crippen molar-refractivity contribution in [2.45, 2.75) is 13.5 Å². The molecule has 0 saturated carbocycles. The molecule has 20 heavy (non-hydrogen) atoms. The van der Waals surface area contributed by atoms with Crippen molar-refractivity contribution in [1.82, 2.24) is 9.78 Å². The summed E-state index contributed by atoms with van der Waals surface area (Å²) in [5.74, 6) is 5.21. The fraction of sp³-hybridized carbons (Fsp3) is 0.267. The maximum Gasteiger partial charge on any atom is 0.138 e. The van der Waals surface area contributed by atoms with Crippen LogP contribution in [0.3, 0.4) is 0 Å². The molecular formula is C15H15FN2O2. The van der Waals surface area contributed by atoms with Crippen LogP contribution in [0.4, 0.5) is 4.39 Å². The zero-order valence-electron chi connectivity index (χ0n) is 11.4. The van der Waals surface area contributed by atoms with E-state index in [1.165, 1.54) is 18.2 Å². The second-order valence-corrected chi connectivity index (χ2v) is 4.29. The summed E-state index contributed by atoms with van der Waals surface area (Å²) in [4.78, 5) is 0. The summed E-state index contributed by atoms with van der Waals surface area (Å²) in [6, 6.07) is 6.02. The SMILES string of the molecule is Cc1cc(COc2cc(F)ccc2C#CCO)n(C)n1. The first-order valence-electron chi connectivity index (χ1n) is 6.11. The quantitative estimate of drug-likeness (QED) is 0.868. The van der Waals surface area contributed by atoms with Crippen molar-refractivity contribution in [3.8, 4) is 17.6 Å². The van der Waals surface area contributed by atoms with Crippen molar-refractivity contribution in [2.24, 2.45) is 7.05 Å². The molecular weight excluding hydrogens is 259 g/mol. The van der Waals surface area contributed by atoms with Gasteiger partial charge in [0.1, 0.15) is 24.8 Å². The van der Waals surface area contributed by atoms with E-state index < -0.39 is 5.82 Å². The third-order valence-electron chi connectivity index (χ3n) is 2.72. The fourth-order valence-corrected chi connectivity index (χ4v) is 1.80. The summed E-state index contributed by atoms with van der Waals surface area (Å²) < 4.78 is 20.6. The molecule has 104 valence electrons. The number of aryl methyl sites for hydroxylation is 2. The van der Waals surface area contributed by atoms with Crippen LogP contribution < -0.4 is 4.74 Å². The van der Waals surface area contributed by atoms with Gasteiger partial charge in [0.15, 0.2) is 0 Å². The number of hydrogen-bond acceptors (Lipinski definition) is 3. The van der Waals surface area contributed by atoms with Crippen LogP contribution in [0.15, 0.2) is 24.3 Å². The Bertz CT molecular complexity index is 668. The van der Waals surface area contributed by atoms with E-state index in [0.717, 1.165) is 11.4 Å². The molecule has 5 heteroatoms. The second-order valence-electron chi connectivity index (χ2n) is 4.29. The Kier molecular flexibility index (Phi) is 4.38. The number of nitrogens with zero attached hydrogens (tertiary/aromatic N) is 2. The molecule has 0 spiro atoms. The van der Waals surface area contributed by atoms with Crippen molar-refractivity contribution in [1.29, 1.82) is 0 Å². The van der Waals surface area contributed by atoms with Crippen LogP contribution in [0.2, 0.25) is 0 Å². The average molecular weight is 274 g/mol. The molecule has 0 aliphatic heterocycles. The van der Waals surface area contributed by atoms with Gasteiger partial charge >= 0.3 is 0 Å². The minimum atomic E-state index is -0.393. The smallest absolute Gasteiger partial charge is 0.138 e. The number of hydrogen-bond donors (Lipinski definition) is 1. The van der Waals surface area contributed by atoms with Gasteiger partial charge in [-0.3, -0.25) is 4.68 Å². The van der Waals surface area contributed by atoms with E-state index >= 15 is 0 Å². The van der Waals surface area contributed by atoms with E-state index in [0.29, 0.717) is 11.3 Å². The van der Waals surface area contributed by atoms with E-state index in [-0.39, 0.29) is 13.2 Å². The third-order valence-corrected chi connectivity index (χ3v) is 2.72. The zero-order chi connectivity index (χ0) is 14.5. The van der Waals surface area contributed by atoms with Crippen LogP contribution in [0, 0.1) is 24.6 Å². The predicted molar refractivity (Wildman–Crippen MR) is 72.6 cm³/mol. The fourth-order valence-electron chi connectivity index (χ4n) is 1.80. The Morgan fingerprint density at radius 1 is 1.40 bits per heavy atom. The third kappa shape index (κ3) is 3.37. The molecule has 0 atom stereocenters. The molecule has 0 radical (unpaired) electrons. The van der Waals surface area contributed by atoms with E-state index in [1.54, 1.807) is 4.68 Å². The minimum Gasteiger partial charge on any atom is -0.486 e. The van der Waals surface area contributed by atoms with Crippen molar-refractivity contribution in [3.63, 3.8) is 0 Å². The lowest BCUT2D eigenvalue weighted by atomic mass is 10.2. The van der Waals surface area contributed by atoms with Crippen molar-refractivity contribution in [3.05, 3.63) is 47.0 Å². The molecule has 1 heterocycles. The molecule has 4 nitrogen and oxygen atoms in total. The van der Waals surface area contributed by atoms with Gasteiger partial charge in [0.25, 0.3) is 0 Å². The van der Waals surface area contributed by atoms with E-state index in [9.17, 15) is 4.39 Å². The van der Waals surface area contributed by atoms with Gasteiger partial charge in [-0.15, -0.1) is 0 Å². The van der Waals surface area contributed by atoms with Crippen LogP contribution in [0.1, 0.15) is 17.0 Å². The number of halogens is 1. The Hall–Kier alpha value is -2.32. The molecule has 0 aliphatic carbocycles. The van der Waals surface area contributed by atoms with Gasteiger partial charge in [0, 0.05) is 13.1 Å². The lowest BCUT2D eigenvalue weighted by Crippen LogP contribution is -2.04. The van der Waals surface area contributed by atoms with Gasteiger partial charge in [-0.05, 0) is 25.1 Å². The molecule has 1 N–H and O–H groups in total. The summed E-state index contributed by atoms with van der Waals surface area (Å²) in [6.07, 6.45) is 0. The predicted octanol–water partition coefficient (Wildman–Crippen LogP) is 1.79. The highest BCUT2D eigenvalue weighted by Crippen LogP contribution is 2.20. The summed E-state index contributed by atoms with van der Waals surface area (Å²) >= 11 is 0. The van der Waals surface area contributed by atoms with E-state index in [2.05, 4.69) is 16.9 Å². The van der Waals surface area contributed by atoms with Gasteiger partial charge in [-0.2, -0.15) is 5.10 Å². The summed E-state index contributed by atoms with van der Waals surface area (Å²) in [5, 5.41) is 12.9. The molecule has 2 rings (SSSR count). The standard InChI is InChI=1S/C15H15FN2O2/c1-11-8-14(18(2)17-11)10-20-15-9-13(16)6-5-12(15)4-3-7-19/h5-6,8-9,19H,7,10H2,1-2H3. The number of aliphatic hydroxyl groups is 1. The van der Waals surface area contributed by atoms with Gasteiger partial charge in [0.05, 0.1) is 17.0 Å². The second kappa shape index (κ2) is 6.22. The maximum absolute atomic E-state index is 13.3. The van der Waals surface area contributed by atoms with Crippen LogP contribution in [-0.2, 0) is 13.7 Å². The van der Waals surface area contributed by atoms with Crippen molar-refractivity contribution >= 4 is 0 Å². The number of rotatable bonds is 3. The number of ether oxygens (including phenoxy) is 1. The first-order chi connectivity index (χ1) is 9.60. The Labute approximate surface area is 116 Å². The van der Waals surface area contributed by atoms with Crippen LogP contribution in [-0.4, -0.2) is 21.5 Å². The summed E-state index contributed by atoms with van der Waals surface area (Å²) in [5.41, 5.74) is 2.32. The minimum absolute atomic E-state index is 0.252. The lowest BCUT2D eigenvalue weighted by molar-refractivity contribution is 0.292. The highest BCUT2D eigenvalue weighted by molar-refractivity contribution is 5.46. The van der Waals surface area contributed by atoms with Gasteiger partial charge in [-0.25, -0.2) is 4.39 Å². The first-order valence-corrected chi connectivity index (χ1v) is 6.11. The highest BCUT2D eigenvalue weighted by Gasteiger charge is 2.07. The monoisotopic (exact) mass is 274 g/mol. The average Bonchev–Trinajstić information content (AvgIpc) is 2.73. The number of aromatic nitrogens is 2. The van der Waals surface area contributed by atoms with E-state index in [4.69, 9.17) is 9.84 Å². The molecule has 0 bridgehead atoms. The van der Waals surface area contributed by atoms with E-state index in [1.807, 2.05) is 20.0 Å². The number of aliphatic hydroxyl groups excluding tert-OH is 1. The Morgan fingerprint density at radius 2 is 2.20 bits per heavy atom. The first kappa shape index (κ1) is 14.1. The Balaban J connectivity index is 2.19. The molecule has 0 fully saturated rings. The molecule has 1 aromatic carbocycles. The largest absolute Gasteiger partial charge is 0.486 e. The topological polar surface area (TPSA) is 47.3 Å². The van der Waals surface area contributed by atoms with Gasteiger partial charge < -0.3 is 9.84 Å². The molecule has 2 aromatic rings. The molecule has 0 aliphatic rings. The lowest BCUT2D eigenvalue weighted by Gasteiger charge is -2.08. The normalized spacial score (nSPS) is 10.0. The van der Waals surface area contributed by atoms with Crippen LogP contribution in [0.25, 0.3) is 0 Å². The van der Waals surface area contributed by atoms with Crippen LogP contribution >= 0.6 is 0 Å². The number of benzene rings is 1. The Morgan fingerprint density at radius 3 is 2.85 bits per heavy atom. The van der Waals surface area contributed by atoms with Crippen LogP contribution in [0.5, 0.6) is 5.75 Å². The van der Waals surface area contributed by atoms with Crippen molar-refractivity contribution in [2.75, 3.05) is 6.61 Å². The molecule has 1 aromatic heterocycles. The molecule has 0 amide bonds. The zero-order valence-corrected chi connectivity index (χ0v) is 11.4. The highest BCUT2D eigenvalue weighted by atomic mass is 19.1. The molecule has 0 saturated heterocycles. The van der Waals surface area contributed by atoms with Crippen molar-refractivity contribution < 1.29 is 14.2 Å².